The summed E-state index contributed by atoms with van der Waals surface area (Å²) in [6, 6.07) is 4.51. The monoisotopic (exact) mass is 303 g/mol. The summed E-state index contributed by atoms with van der Waals surface area (Å²) in [6.07, 6.45) is -0.00784. The molecule has 1 fully saturated rings. The van der Waals surface area contributed by atoms with Crippen LogP contribution in [-0.2, 0) is 4.74 Å². The van der Waals surface area contributed by atoms with Crippen molar-refractivity contribution < 1.29 is 14.2 Å². The minimum Gasteiger partial charge on any atom is -0.388 e. The predicted octanol–water partition coefficient (Wildman–Crippen LogP) is 1.99. The van der Waals surface area contributed by atoms with Crippen molar-refractivity contribution in [1.29, 1.82) is 0 Å². The van der Waals surface area contributed by atoms with Crippen LogP contribution in [-0.4, -0.2) is 24.9 Å². The lowest BCUT2D eigenvalue weighted by Crippen LogP contribution is -2.37. The van der Waals surface area contributed by atoms with Gasteiger partial charge in [0.05, 0.1) is 17.2 Å². The fraction of sp³-hybridized carbons (Fsp3) is 0.500. The van der Waals surface area contributed by atoms with Crippen molar-refractivity contribution in [2.75, 3.05) is 19.8 Å². The summed E-state index contributed by atoms with van der Waals surface area (Å²) in [5.74, 6) is -0.342. The van der Waals surface area contributed by atoms with Gasteiger partial charge in [-0.15, -0.1) is 0 Å². The highest BCUT2D eigenvalue weighted by Crippen LogP contribution is 2.40. The van der Waals surface area contributed by atoms with Crippen LogP contribution in [0.4, 0.5) is 4.39 Å². The fourth-order valence-electron chi connectivity index (χ4n) is 2.15. The molecule has 1 saturated heterocycles. The molecule has 2 atom stereocenters. The fourth-order valence-corrected chi connectivity index (χ4v) is 2.54. The first-order chi connectivity index (χ1) is 8.09. The summed E-state index contributed by atoms with van der Waals surface area (Å²) in [5, 5.41) is 10.4. The van der Waals surface area contributed by atoms with E-state index < -0.39 is 11.5 Å². The first kappa shape index (κ1) is 13.0. The number of benzene rings is 1. The summed E-state index contributed by atoms with van der Waals surface area (Å²) in [6.45, 7) is 1.40. The van der Waals surface area contributed by atoms with Gasteiger partial charge in [0.1, 0.15) is 5.82 Å². The Hall–Kier alpha value is -0.490. The number of hydrogen-bond donors (Lipinski definition) is 2. The van der Waals surface area contributed by atoms with Gasteiger partial charge in [0.15, 0.2) is 0 Å². The normalized spacial score (nSPS) is 26.1. The molecule has 2 rings (SSSR count). The maximum absolute atomic E-state index is 13.1. The minimum atomic E-state index is -0.730. The van der Waals surface area contributed by atoms with Crippen LogP contribution in [0.5, 0.6) is 0 Å². The number of nitrogens with two attached hydrogens (primary N) is 1. The molecule has 1 heterocycles. The lowest BCUT2D eigenvalue weighted by Gasteiger charge is -2.31. The quantitative estimate of drug-likeness (QED) is 0.898. The molecule has 1 aliphatic rings. The molecule has 94 valence electrons. The van der Waals surface area contributed by atoms with Gasteiger partial charge in [0, 0.05) is 18.6 Å². The van der Waals surface area contributed by atoms with E-state index in [4.69, 9.17) is 10.5 Å². The van der Waals surface area contributed by atoms with Crippen LogP contribution in [0.2, 0.25) is 0 Å². The maximum Gasteiger partial charge on any atom is 0.137 e. The molecule has 3 N–H and O–H groups in total. The summed E-state index contributed by atoms with van der Waals surface area (Å²) in [7, 11) is 0. The van der Waals surface area contributed by atoms with Crippen LogP contribution < -0.4 is 5.73 Å². The SMILES string of the molecule is NCC1(C(O)c2ccc(F)c(Br)c2)CCOC1. The summed E-state index contributed by atoms with van der Waals surface area (Å²) in [5.41, 5.74) is 5.96. The van der Waals surface area contributed by atoms with Gasteiger partial charge in [-0.3, -0.25) is 0 Å². The zero-order valence-corrected chi connectivity index (χ0v) is 10.9. The summed E-state index contributed by atoms with van der Waals surface area (Å²) < 4.78 is 18.8. The average molecular weight is 304 g/mol. The Labute approximate surface area is 108 Å². The van der Waals surface area contributed by atoms with Crippen LogP contribution in [0.3, 0.4) is 0 Å². The van der Waals surface area contributed by atoms with Crippen molar-refractivity contribution in [2.45, 2.75) is 12.5 Å². The molecule has 1 aliphatic heterocycles. The van der Waals surface area contributed by atoms with Crippen LogP contribution in [0, 0.1) is 11.2 Å². The number of rotatable bonds is 3. The summed E-state index contributed by atoms with van der Waals surface area (Å²) >= 11 is 3.11. The van der Waals surface area contributed by atoms with Crippen molar-refractivity contribution in [2.24, 2.45) is 11.1 Å². The number of aliphatic hydroxyl groups excluding tert-OH is 1. The molecule has 0 aliphatic carbocycles. The van der Waals surface area contributed by atoms with E-state index in [1.807, 2.05) is 0 Å². The van der Waals surface area contributed by atoms with Crippen LogP contribution in [0.15, 0.2) is 22.7 Å². The van der Waals surface area contributed by atoms with Crippen molar-refractivity contribution in [3.8, 4) is 0 Å². The van der Waals surface area contributed by atoms with E-state index in [1.165, 1.54) is 6.07 Å². The van der Waals surface area contributed by atoms with Gasteiger partial charge in [-0.1, -0.05) is 6.07 Å². The second kappa shape index (κ2) is 5.02. The molecule has 0 radical (unpaired) electrons. The second-order valence-corrected chi connectivity index (χ2v) is 5.30. The summed E-state index contributed by atoms with van der Waals surface area (Å²) in [4.78, 5) is 0. The van der Waals surface area contributed by atoms with Gasteiger partial charge in [0.25, 0.3) is 0 Å². The van der Waals surface area contributed by atoms with Gasteiger partial charge in [-0.05, 0) is 40.0 Å². The Balaban J connectivity index is 2.29. The maximum atomic E-state index is 13.1. The first-order valence-corrected chi connectivity index (χ1v) is 6.29. The molecule has 0 bridgehead atoms. The molecule has 1 aromatic carbocycles. The van der Waals surface area contributed by atoms with E-state index in [0.717, 1.165) is 6.42 Å². The zero-order chi connectivity index (χ0) is 12.5. The average Bonchev–Trinajstić information content (AvgIpc) is 2.81. The van der Waals surface area contributed by atoms with Crippen LogP contribution >= 0.6 is 15.9 Å². The van der Waals surface area contributed by atoms with E-state index >= 15 is 0 Å². The van der Waals surface area contributed by atoms with E-state index in [9.17, 15) is 9.50 Å². The lowest BCUT2D eigenvalue weighted by molar-refractivity contribution is 0.0190. The smallest absolute Gasteiger partial charge is 0.137 e. The molecule has 0 saturated carbocycles. The number of aliphatic hydroxyl groups is 1. The molecule has 5 heteroatoms. The van der Waals surface area contributed by atoms with Crippen molar-refractivity contribution in [1.82, 2.24) is 0 Å². The van der Waals surface area contributed by atoms with Gasteiger partial charge in [-0.25, -0.2) is 4.39 Å². The molecule has 0 aromatic heterocycles. The predicted molar refractivity (Wildman–Crippen MR) is 66.0 cm³/mol. The lowest BCUT2D eigenvalue weighted by atomic mass is 9.78. The Morgan fingerprint density at radius 2 is 2.35 bits per heavy atom. The van der Waals surface area contributed by atoms with Crippen molar-refractivity contribution in [3.05, 3.63) is 34.1 Å². The van der Waals surface area contributed by atoms with Crippen LogP contribution in [0.1, 0.15) is 18.1 Å². The number of hydrogen-bond acceptors (Lipinski definition) is 3. The topological polar surface area (TPSA) is 55.5 Å². The minimum absolute atomic E-state index is 0.342. The third kappa shape index (κ3) is 2.38. The Morgan fingerprint density at radius 1 is 1.59 bits per heavy atom. The van der Waals surface area contributed by atoms with Gasteiger partial charge in [0.2, 0.25) is 0 Å². The third-order valence-electron chi connectivity index (χ3n) is 3.38. The largest absolute Gasteiger partial charge is 0.388 e. The van der Waals surface area contributed by atoms with E-state index in [2.05, 4.69) is 15.9 Å². The number of halogens is 2. The molecule has 17 heavy (non-hydrogen) atoms. The van der Waals surface area contributed by atoms with Crippen molar-refractivity contribution in [3.63, 3.8) is 0 Å². The molecule has 3 nitrogen and oxygen atoms in total. The molecule has 2 unspecified atom stereocenters. The molecular formula is C12H15BrFNO2. The highest BCUT2D eigenvalue weighted by atomic mass is 79.9. The Morgan fingerprint density at radius 3 is 2.88 bits per heavy atom. The third-order valence-corrected chi connectivity index (χ3v) is 3.99. The molecule has 1 aromatic rings. The number of ether oxygens (including phenoxy) is 1. The molecular weight excluding hydrogens is 289 g/mol. The van der Waals surface area contributed by atoms with Crippen LogP contribution in [0.25, 0.3) is 0 Å². The van der Waals surface area contributed by atoms with Gasteiger partial charge in [-0.2, -0.15) is 0 Å². The molecule has 0 spiro atoms. The zero-order valence-electron chi connectivity index (χ0n) is 9.33. The van der Waals surface area contributed by atoms with E-state index in [0.29, 0.717) is 29.8 Å². The Bertz CT molecular complexity index is 407. The van der Waals surface area contributed by atoms with Crippen molar-refractivity contribution >= 4 is 15.9 Å². The standard InChI is InChI=1S/C12H15BrFNO2/c13-9-5-8(1-2-10(9)14)11(16)12(6-15)3-4-17-7-12/h1-2,5,11,16H,3-4,6-7,15H2. The first-order valence-electron chi connectivity index (χ1n) is 5.50. The highest BCUT2D eigenvalue weighted by molar-refractivity contribution is 9.10. The van der Waals surface area contributed by atoms with Gasteiger partial charge >= 0.3 is 0 Å². The van der Waals surface area contributed by atoms with E-state index in [1.54, 1.807) is 12.1 Å². The van der Waals surface area contributed by atoms with E-state index in [-0.39, 0.29) is 5.82 Å². The molecule has 0 amide bonds. The van der Waals surface area contributed by atoms with Gasteiger partial charge < -0.3 is 15.6 Å². The Kier molecular flexibility index (Phi) is 3.82. The highest BCUT2D eigenvalue weighted by Gasteiger charge is 2.41. The second-order valence-electron chi connectivity index (χ2n) is 4.45.